The second-order valence-electron chi connectivity index (χ2n) is 13.3. The Labute approximate surface area is 312 Å². The van der Waals surface area contributed by atoms with Gasteiger partial charge < -0.3 is 9.32 Å². The number of anilines is 3. The van der Waals surface area contributed by atoms with E-state index in [0.717, 1.165) is 77.6 Å². The molecule has 2 aromatic heterocycles. The lowest BCUT2D eigenvalue weighted by atomic mass is 9.98. The molecule has 0 radical (unpaired) electrons. The Morgan fingerprint density at radius 2 is 0.815 bits per heavy atom. The zero-order valence-electron chi connectivity index (χ0n) is 29.2. The van der Waals surface area contributed by atoms with Crippen LogP contribution in [-0.4, -0.2) is 15.0 Å². The van der Waals surface area contributed by atoms with Crippen molar-refractivity contribution < 1.29 is 4.42 Å². The molecule has 0 amide bonds. The summed E-state index contributed by atoms with van der Waals surface area (Å²) in [7, 11) is 0. The van der Waals surface area contributed by atoms with Crippen LogP contribution in [0, 0.1) is 0 Å². The van der Waals surface area contributed by atoms with Crippen LogP contribution in [0.5, 0.6) is 0 Å². The molecule has 254 valence electrons. The van der Waals surface area contributed by atoms with Gasteiger partial charge in [0.1, 0.15) is 11.2 Å². The van der Waals surface area contributed by atoms with E-state index in [9.17, 15) is 0 Å². The third-order valence-corrected chi connectivity index (χ3v) is 9.91. The number of fused-ring (bicyclic) bond motifs is 5. The fraction of sp³-hybridized carbons (Fsp3) is 0. The lowest BCUT2D eigenvalue weighted by Gasteiger charge is -2.25. The molecule has 0 bridgehead atoms. The predicted octanol–water partition coefficient (Wildman–Crippen LogP) is 13.1. The Morgan fingerprint density at radius 3 is 1.41 bits per heavy atom. The Bertz CT molecular complexity index is 2810. The van der Waals surface area contributed by atoms with Gasteiger partial charge in [0.2, 0.25) is 0 Å². The number of aromatic nitrogens is 3. The molecule has 0 aliphatic heterocycles. The molecule has 10 rings (SSSR count). The Balaban J connectivity index is 1.09. The van der Waals surface area contributed by atoms with Gasteiger partial charge in [0.05, 0.1) is 0 Å². The van der Waals surface area contributed by atoms with E-state index in [1.54, 1.807) is 0 Å². The molecule has 0 atom stereocenters. The summed E-state index contributed by atoms with van der Waals surface area (Å²) in [5.74, 6) is 1.88. The highest BCUT2D eigenvalue weighted by Gasteiger charge is 2.19. The molecule has 54 heavy (non-hydrogen) atoms. The number of furan rings is 1. The van der Waals surface area contributed by atoms with E-state index in [-0.39, 0.29) is 0 Å². The predicted molar refractivity (Wildman–Crippen MR) is 221 cm³/mol. The van der Waals surface area contributed by atoms with Crippen LogP contribution in [0.1, 0.15) is 0 Å². The van der Waals surface area contributed by atoms with Gasteiger partial charge in [-0.2, -0.15) is 0 Å². The molecule has 0 unspecified atom stereocenters. The summed E-state index contributed by atoms with van der Waals surface area (Å²) in [6.07, 6.45) is 0. The van der Waals surface area contributed by atoms with Gasteiger partial charge in [-0.1, -0.05) is 140 Å². The summed E-state index contributed by atoms with van der Waals surface area (Å²) >= 11 is 0. The van der Waals surface area contributed by atoms with Crippen LogP contribution in [0.3, 0.4) is 0 Å². The first-order chi connectivity index (χ1) is 26.8. The molecule has 0 aliphatic carbocycles. The lowest BCUT2D eigenvalue weighted by molar-refractivity contribution is 0.673. The summed E-state index contributed by atoms with van der Waals surface area (Å²) in [5.41, 5.74) is 9.97. The SMILES string of the molecule is c1ccc(-c2nc(-c3ccccc3)nc(-c3cc4c5ccc(-c6ccc(N(c7ccccc7)c7ccccc7)cc6)cc5oc4c4ccccc34)n2)cc1. The van der Waals surface area contributed by atoms with Crippen molar-refractivity contribution >= 4 is 49.8 Å². The van der Waals surface area contributed by atoms with Crippen molar-refractivity contribution in [1.82, 2.24) is 15.0 Å². The smallest absolute Gasteiger partial charge is 0.164 e. The minimum absolute atomic E-state index is 0.618. The number of benzene rings is 8. The number of para-hydroxylation sites is 2. The van der Waals surface area contributed by atoms with E-state index in [0.29, 0.717) is 17.5 Å². The van der Waals surface area contributed by atoms with Crippen molar-refractivity contribution in [3.8, 4) is 45.3 Å². The number of rotatable bonds is 7. The molecule has 10 aromatic rings. The molecule has 5 nitrogen and oxygen atoms in total. The molecule has 0 fully saturated rings. The topological polar surface area (TPSA) is 55.1 Å². The van der Waals surface area contributed by atoms with Crippen LogP contribution in [0.2, 0.25) is 0 Å². The molecular formula is C49H32N4O. The summed E-state index contributed by atoms with van der Waals surface area (Å²) in [6.45, 7) is 0. The van der Waals surface area contributed by atoms with Gasteiger partial charge >= 0.3 is 0 Å². The van der Waals surface area contributed by atoms with Crippen LogP contribution in [-0.2, 0) is 0 Å². The fourth-order valence-corrected chi connectivity index (χ4v) is 7.30. The summed E-state index contributed by atoms with van der Waals surface area (Å²) in [5, 5.41) is 4.09. The van der Waals surface area contributed by atoms with E-state index in [2.05, 4.69) is 126 Å². The molecule has 0 aliphatic rings. The minimum Gasteiger partial charge on any atom is -0.455 e. The zero-order chi connectivity index (χ0) is 35.8. The van der Waals surface area contributed by atoms with Gasteiger partial charge in [-0.3, -0.25) is 0 Å². The van der Waals surface area contributed by atoms with Crippen molar-refractivity contribution in [2.24, 2.45) is 0 Å². The highest BCUT2D eigenvalue weighted by Crippen LogP contribution is 2.41. The fourth-order valence-electron chi connectivity index (χ4n) is 7.30. The van der Waals surface area contributed by atoms with Crippen molar-refractivity contribution in [2.45, 2.75) is 0 Å². The Morgan fingerprint density at radius 1 is 0.333 bits per heavy atom. The van der Waals surface area contributed by atoms with Gasteiger partial charge in [-0.15, -0.1) is 0 Å². The largest absolute Gasteiger partial charge is 0.455 e. The Kier molecular flexibility index (Phi) is 7.73. The molecule has 8 aromatic carbocycles. The number of hydrogen-bond donors (Lipinski definition) is 0. The van der Waals surface area contributed by atoms with Crippen LogP contribution in [0.25, 0.3) is 78.0 Å². The first-order valence-corrected chi connectivity index (χ1v) is 18.0. The second-order valence-corrected chi connectivity index (χ2v) is 13.3. The van der Waals surface area contributed by atoms with Crippen LogP contribution in [0.4, 0.5) is 17.1 Å². The summed E-state index contributed by atoms with van der Waals surface area (Å²) < 4.78 is 6.72. The van der Waals surface area contributed by atoms with E-state index >= 15 is 0 Å². The maximum absolute atomic E-state index is 6.72. The van der Waals surface area contributed by atoms with Gasteiger partial charge in [-0.25, -0.2) is 15.0 Å². The summed E-state index contributed by atoms with van der Waals surface area (Å²) in [4.78, 5) is 17.3. The van der Waals surface area contributed by atoms with Gasteiger partial charge in [0.25, 0.3) is 0 Å². The van der Waals surface area contributed by atoms with Crippen molar-refractivity contribution in [1.29, 1.82) is 0 Å². The van der Waals surface area contributed by atoms with Crippen LogP contribution < -0.4 is 4.90 Å². The van der Waals surface area contributed by atoms with E-state index in [1.165, 1.54) is 0 Å². The van der Waals surface area contributed by atoms with Crippen molar-refractivity contribution in [3.05, 3.63) is 194 Å². The van der Waals surface area contributed by atoms with E-state index in [4.69, 9.17) is 19.4 Å². The zero-order valence-corrected chi connectivity index (χ0v) is 29.2. The molecule has 0 saturated carbocycles. The average molecular weight is 693 g/mol. The molecule has 5 heteroatoms. The van der Waals surface area contributed by atoms with Crippen molar-refractivity contribution in [3.63, 3.8) is 0 Å². The molecule has 0 spiro atoms. The van der Waals surface area contributed by atoms with Gasteiger partial charge in [0, 0.05) is 49.9 Å². The van der Waals surface area contributed by atoms with Crippen LogP contribution in [0.15, 0.2) is 199 Å². The molecule has 0 saturated heterocycles. The highest BCUT2D eigenvalue weighted by atomic mass is 16.3. The summed E-state index contributed by atoms with van der Waals surface area (Å²) in [6, 6.07) is 66.8. The third kappa shape index (κ3) is 5.65. The van der Waals surface area contributed by atoms with Crippen LogP contribution >= 0.6 is 0 Å². The lowest BCUT2D eigenvalue weighted by Crippen LogP contribution is -2.09. The molecule has 2 heterocycles. The average Bonchev–Trinajstić information content (AvgIpc) is 3.63. The third-order valence-electron chi connectivity index (χ3n) is 9.91. The number of nitrogens with zero attached hydrogens (tertiary/aromatic N) is 4. The van der Waals surface area contributed by atoms with Gasteiger partial charge in [0.15, 0.2) is 17.5 Å². The van der Waals surface area contributed by atoms with E-state index < -0.39 is 0 Å². The highest BCUT2D eigenvalue weighted by molar-refractivity contribution is 6.19. The monoisotopic (exact) mass is 692 g/mol. The maximum atomic E-state index is 6.72. The van der Waals surface area contributed by atoms with E-state index in [1.807, 2.05) is 72.8 Å². The second kappa shape index (κ2) is 13.3. The normalized spacial score (nSPS) is 11.3. The molecular weight excluding hydrogens is 661 g/mol. The van der Waals surface area contributed by atoms with Crippen molar-refractivity contribution in [2.75, 3.05) is 4.90 Å². The minimum atomic E-state index is 0.618. The number of hydrogen-bond acceptors (Lipinski definition) is 5. The Hall–Kier alpha value is -7.37. The molecule has 0 N–H and O–H groups in total. The first kappa shape index (κ1) is 31.4. The quantitative estimate of drug-likeness (QED) is 0.166. The maximum Gasteiger partial charge on any atom is 0.164 e. The first-order valence-electron chi connectivity index (χ1n) is 18.0. The standard InChI is InChI=1S/C49H32N4O/c1-5-15-34(16-6-1)47-50-48(35-17-7-2-8-18-35)52-49(51-47)44-32-43-41-30-27-36(31-45(41)54-46(43)42-24-14-13-23-40(42)44)33-25-28-39(29-26-33)53(37-19-9-3-10-20-37)38-21-11-4-12-22-38/h1-32H. The van der Waals surface area contributed by atoms with Gasteiger partial charge in [-0.05, 0) is 71.1 Å².